The summed E-state index contributed by atoms with van der Waals surface area (Å²) in [4.78, 5) is 26.1. The van der Waals surface area contributed by atoms with Gasteiger partial charge in [-0.3, -0.25) is 9.59 Å². The third kappa shape index (κ3) is 5.53. The number of carbonyl (C=O) groups is 2. The summed E-state index contributed by atoms with van der Waals surface area (Å²) < 4.78 is 0.746. The number of Topliss-reactive ketones (excluding diaryl/α,β-unsaturated/α-hetero) is 1. The molecular weight excluding hydrogens is 356 g/mol. The largest absolute Gasteiger partial charge is 0.321 e. The van der Waals surface area contributed by atoms with E-state index in [9.17, 15) is 9.59 Å². The second-order valence-corrected chi connectivity index (χ2v) is 7.68. The zero-order valence-electron chi connectivity index (χ0n) is 14.3. The van der Waals surface area contributed by atoms with Crippen LogP contribution in [-0.2, 0) is 11.3 Å². The molecule has 0 saturated heterocycles. The number of anilines is 1. The van der Waals surface area contributed by atoms with Gasteiger partial charge < -0.3 is 10.2 Å². The van der Waals surface area contributed by atoms with Crippen LogP contribution in [-0.4, -0.2) is 24.3 Å². The lowest BCUT2D eigenvalue weighted by atomic mass is 10.1. The fourth-order valence-electron chi connectivity index (χ4n) is 2.48. The molecule has 2 atom stereocenters. The van der Waals surface area contributed by atoms with Crippen LogP contribution in [0.4, 0.5) is 5.69 Å². The normalized spacial score (nSPS) is 13.1. The van der Waals surface area contributed by atoms with Crippen molar-refractivity contribution in [1.29, 1.82) is 0 Å². The van der Waals surface area contributed by atoms with Crippen LogP contribution in [0.2, 0.25) is 4.34 Å². The zero-order chi connectivity index (χ0) is 18.4. The number of halogens is 1. The minimum atomic E-state index is -0.258. The Hall–Kier alpha value is -1.95. The quantitative estimate of drug-likeness (QED) is 0.548. The van der Waals surface area contributed by atoms with E-state index in [1.54, 1.807) is 24.3 Å². The standard InChI is InChI=1S/C19H21ClN2O2S/c1-4-11-22(12-17-9-10-18(20)25-17)13(2)19(24)21-16-7-5-15(6-8-16)14(3)23/h4-10,13H,1,11-12H2,2-3H3,(H,21,24)/p+1/t13-/m1/s1. The van der Waals surface area contributed by atoms with Crippen molar-refractivity contribution in [3.05, 3.63) is 63.8 Å². The molecule has 1 amide bonds. The third-order valence-electron chi connectivity index (χ3n) is 4.00. The third-order valence-corrected chi connectivity index (χ3v) is 5.23. The number of ketones is 1. The molecule has 4 nitrogen and oxygen atoms in total. The number of quaternary nitrogens is 1. The van der Waals surface area contributed by atoms with Crippen LogP contribution in [0.15, 0.2) is 49.1 Å². The van der Waals surface area contributed by atoms with E-state index in [0.29, 0.717) is 24.3 Å². The Morgan fingerprint density at radius 2 is 1.96 bits per heavy atom. The number of hydrogen-bond donors (Lipinski definition) is 2. The van der Waals surface area contributed by atoms with Crippen molar-refractivity contribution in [2.24, 2.45) is 0 Å². The molecule has 1 unspecified atom stereocenters. The van der Waals surface area contributed by atoms with E-state index in [-0.39, 0.29) is 17.7 Å². The van der Waals surface area contributed by atoms with Crippen molar-refractivity contribution in [2.75, 3.05) is 11.9 Å². The molecule has 0 saturated carbocycles. The summed E-state index contributed by atoms with van der Waals surface area (Å²) in [6.45, 7) is 8.59. The Kier molecular flexibility index (Phi) is 6.93. The maximum absolute atomic E-state index is 12.6. The van der Waals surface area contributed by atoms with Gasteiger partial charge in [-0.25, -0.2) is 0 Å². The summed E-state index contributed by atoms with van der Waals surface area (Å²) in [5, 5.41) is 2.91. The number of rotatable bonds is 8. The van der Waals surface area contributed by atoms with Crippen LogP contribution in [0.3, 0.4) is 0 Å². The molecule has 0 radical (unpaired) electrons. The highest BCUT2D eigenvalue weighted by atomic mass is 35.5. The van der Waals surface area contributed by atoms with E-state index in [1.807, 2.05) is 25.1 Å². The molecule has 0 aliphatic carbocycles. The zero-order valence-corrected chi connectivity index (χ0v) is 15.9. The van der Waals surface area contributed by atoms with Gasteiger partial charge in [0.05, 0.1) is 15.8 Å². The van der Waals surface area contributed by atoms with Crippen molar-refractivity contribution in [3.63, 3.8) is 0 Å². The number of carbonyl (C=O) groups excluding carboxylic acids is 2. The summed E-state index contributed by atoms with van der Waals surface area (Å²) >= 11 is 7.52. The summed E-state index contributed by atoms with van der Waals surface area (Å²) in [6.07, 6.45) is 1.82. The van der Waals surface area contributed by atoms with Gasteiger partial charge in [0.15, 0.2) is 11.8 Å². The minimum Gasteiger partial charge on any atom is -0.321 e. The molecule has 0 aliphatic rings. The van der Waals surface area contributed by atoms with Crippen LogP contribution in [0.25, 0.3) is 0 Å². The average molecular weight is 378 g/mol. The molecule has 2 N–H and O–H groups in total. The first-order valence-corrected chi connectivity index (χ1v) is 9.21. The van der Waals surface area contributed by atoms with Gasteiger partial charge in [-0.15, -0.1) is 11.3 Å². The second-order valence-electron chi connectivity index (χ2n) is 5.88. The van der Waals surface area contributed by atoms with Crippen molar-refractivity contribution in [3.8, 4) is 0 Å². The summed E-state index contributed by atoms with van der Waals surface area (Å²) in [6, 6.07) is 10.5. The van der Waals surface area contributed by atoms with E-state index >= 15 is 0 Å². The summed E-state index contributed by atoms with van der Waals surface area (Å²) in [7, 11) is 0. The number of nitrogens with one attached hydrogen (secondary N) is 2. The van der Waals surface area contributed by atoms with Crippen LogP contribution < -0.4 is 10.2 Å². The molecule has 2 rings (SSSR count). The van der Waals surface area contributed by atoms with Crippen LogP contribution in [0.5, 0.6) is 0 Å². The maximum Gasteiger partial charge on any atom is 0.282 e. The van der Waals surface area contributed by atoms with E-state index in [4.69, 9.17) is 11.6 Å². The monoisotopic (exact) mass is 377 g/mol. The fourth-order valence-corrected chi connectivity index (χ4v) is 3.62. The highest BCUT2D eigenvalue weighted by molar-refractivity contribution is 7.16. The second kappa shape index (κ2) is 8.94. The van der Waals surface area contributed by atoms with Gasteiger partial charge in [0, 0.05) is 11.3 Å². The minimum absolute atomic E-state index is 0.00227. The predicted octanol–water partition coefficient (Wildman–Crippen LogP) is 3.20. The lowest BCUT2D eigenvalue weighted by Crippen LogP contribution is -3.15. The van der Waals surface area contributed by atoms with E-state index in [1.165, 1.54) is 18.3 Å². The van der Waals surface area contributed by atoms with Crippen LogP contribution in [0, 0.1) is 0 Å². The van der Waals surface area contributed by atoms with Gasteiger partial charge in [0.2, 0.25) is 0 Å². The van der Waals surface area contributed by atoms with E-state index in [2.05, 4.69) is 11.9 Å². The molecule has 6 heteroatoms. The molecule has 2 aromatic rings. The molecule has 0 bridgehead atoms. The van der Waals surface area contributed by atoms with Gasteiger partial charge in [0.25, 0.3) is 5.91 Å². The van der Waals surface area contributed by atoms with Gasteiger partial charge in [0.1, 0.15) is 6.54 Å². The Morgan fingerprint density at radius 3 is 2.48 bits per heavy atom. The first kappa shape index (κ1) is 19.4. The Morgan fingerprint density at radius 1 is 1.28 bits per heavy atom. The van der Waals surface area contributed by atoms with Crippen molar-refractivity contribution in [1.82, 2.24) is 0 Å². The first-order chi connectivity index (χ1) is 11.9. The molecule has 1 heterocycles. The van der Waals surface area contributed by atoms with Crippen LogP contribution in [0.1, 0.15) is 29.1 Å². The topological polar surface area (TPSA) is 50.6 Å². The molecular formula is C19H22ClN2O2S+. The average Bonchev–Trinajstić information content (AvgIpc) is 2.99. The number of hydrogen-bond acceptors (Lipinski definition) is 3. The SMILES string of the molecule is C=CC[NH+](Cc1ccc(Cl)s1)[C@H](C)C(=O)Nc1ccc(C(C)=O)cc1. The van der Waals surface area contributed by atoms with Gasteiger partial charge >= 0.3 is 0 Å². The number of amides is 1. The maximum atomic E-state index is 12.6. The molecule has 0 fully saturated rings. The van der Waals surface area contributed by atoms with Crippen LogP contribution >= 0.6 is 22.9 Å². The van der Waals surface area contributed by atoms with Crippen molar-refractivity contribution in [2.45, 2.75) is 26.4 Å². The van der Waals surface area contributed by atoms with E-state index < -0.39 is 0 Å². The first-order valence-electron chi connectivity index (χ1n) is 8.02. The lowest BCUT2D eigenvalue weighted by Gasteiger charge is -2.23. The molecule has 1 aromatic carbocycles. The highest BCUT2D eigenvalue weighted by Crippen LogP contribution is 2.20. The molecule has 0 spiro atoms. The van der Waals surface area contributed by atoms with Crippen molar-refractivity contribution >= 4 is 40.3 Å². The molecule has 132 valence electrons. The van der Waals surface area contributed by atoms with Gasteiger partial charge in [-0.1, -0.05) is 18.2 Å². The highest BCUT2D eigenvalue weighted by Gasteiger charge is 2.25. The summed E-state index contributed by atoms with van der Waals surface area (Å²) in [5.74, 6) is -0.0717. The fraction of sp³-hybridized carbons (Fsp3) is 0.263. The van der Waals surface area contributed by atoms with Gasteiger partial charge in [-0.2, -0.15) is 0 Å². The predicted molar refractivity (Wildman–Crippen MR) is 104 cm³/mol. The Balaban J connectivity index is 2.04. The van der Waals surface area contributed by atoms with Gasteiger partial charge in [-0.05, 0) is 56.3 Å². The molecule has 0 aliphatic heterocycles. The van der Waals surface area contributed by atoms with Crippen molar-refractivity contribution < 1.29 is 14.5 Å². The summed E-state index contributed by atoms with van der Waals surface area (Å²) in [5.41, 5.74) is 1.30. The lowest BCUT2D eigenvalue weighted by molar-refractivity contribution is -0.921. The molecule has 25 heavy (non-hydrogen) atoms. The number of benzene rings is 1. The van der Waals surface area contributed by atoms with E-state index in [0.717, 1.165) is 14.1 Å². The number of thiophene rings is 1. The Labute approximate surface area is 157 Å². The molecule has 1 aromatic heterocycles. The smallest absolute Gasteiger partial charge is 0.282 e. The Bertz CT molecular complexity index is 755.